The highest BCUT2D eigenvalue weighted by Gasteiger charge is 2.11. The number of nitrogens with zero attached hydrogens (tertiary/aromatic N) is 2. The molecular weight excluding hydrogens is 290 g/mol. The fourth-order valence-corrected chi connectivity index (χ4v) is 2.33. The van der Waals surface area contributed by atoms with E-state index in [1.165, 1.54) is 5.56 Å². The molecule has 2 N–H and O–H groups in total. The number of carbonyl (C=O) groups excluding carboxylic acids is 1. The molecule has 1 amide bonds. The summed E-state index contributed by atoms with van der Waals surface area (Å²) in [4.78, 5) is 18.2. The summed E-state index contributed by atoms with van der Waals surface area (Å²) in [6.45, 7) is 3.36. The van der Waals surface area contributed by atoms with Crippen molar-refractivity contribution in [3.63, 3.8) is 0 Å². The Hall–Kier alpha value is -2.24. The zero-order chi connectivity index (χ0) is 16.5. The lowest BCUT2D eigenvalue weighted by molar-refractivity contribution is -0.117. The van der Waals surface area contributed by atoms with Gasteiger partial charge in [-0.15, -0.1) is 0 Å². The quantitative estimate of drug-likeness (QED) is 0.783. The number of rotatable bonds is 8. The third-order valence-electron chi connectivity index (χ3n) is 3.56. The van der Waals surface area contributed by atoms with Crippen LogP contribution in [0.1, 0.15) is 18.1 Å². The summed E-state index contributed by atoms with van der Waals surface area (Å²) in [5, 5.41) is 12.1. The van der Waals surface area contributed by atoms with E-state index in [0.717, 1.165) is 17.7 Å². The van der Waals surface area contributed by atoms with Gasteiger partial charge in [-0.05, 0) is 35.7 Å². The Bertz CT molecular complexity index is 599. The Kier molecular flexibility index (Phi) is 6.72. The van der Waals surface area contributed by atoms with Gasteiger partial charge in [0.1, 0.15) is 0 Å². The van der Waals surface area contributed by atoms with E-state index in [4.69, 9.17) is 0 Å². The number of anilines is 1. The Morgan fingerprint density at radius 3 is 2.61 bits per heavy atom. The van der Waals surface area contributed by atoms with Gasteiger partial charge in [0.25, 0.3) is 0 Å². The fourth-order valence-electron chi connectivity index (χ4n) is 2.33. The Morgan fingerprint density at radius 2 is 2.00 bits per heavy atom. The van der Waals surface area contributed by atoms with Crippen molar-refractivity contribution < 1.29 is 9.90 Å². The monoisotopic (exact) mass is 313 g/mol. The molecule has 2 aromatic rings. The molecule has 5 heteroatoms. The van der Waals surface area contributed by atoms with Crippen molar-refractivity contribution in [1.29, 1.82) is 0 Å². The second-order valence-electron chi connectivity index (χ2n) is 5.39. The van der Waals surface area contributed by atoms with Crippen molar-refractivity contribution in [2.24, 2.45) is 0 Å². The molecule has 0 fully saturated rings. The lowest BCUT2D eigenvalue weighted by atomic mass is 10.1. The van der Waals surface area contributed by atoms with E-state index >= 15 is 0 Å². The van der Waals surface area contributed by atoms with Gasteiger partial charge in [0.15, 0.2) is 0 Å². The maximum atomic E-state index is 12.2. The molecule has 0 atom stereocenters. The summed E-state index contributed by atoms with van der Waals surface area (Å²) in [7, 11) is 0. The second kappa shape index (κ2) is 9.02. The van der Waals surface area contributed by atoms with Crippen molar-refractivity contribution in [3.8, 4) is 0 Å². The lowest BCUT2D eigenvalue weighted by Gasteiger charge is -2.20. The molecule has 122 valence electrons. The molecule has 0 unspecified atom stereocenters. The van der Waals surface area contributed by atoms with Gasteiger partial charge in [0.05, 0.1) is 13.2 Å². The molecule has 0 aliphatic rings. The maximum Gasteiger partial charge on any atom is 0.238 e. The standard InChI is InChI=1S/C18H23N3O2/c1-2-15-5-7-17(8-6-15)20-18(23)14-21(10-11-22)13-16-4-3-9-19-12-16/h3-9,12,22H,2,10-11,13-14H2,1H3,(H,20,23). The van der Waals surface area contributed by atoms with Crippen LogP contribution in [0, 0.1) is 0 Å². The molecular formula is C18H23N3O2. The summed E-state index contributed by atoms with van der Waals surface area (Å²) in [6, 6.07) is 11.7. The minimum Gasteiger partial charge on any atom is -0.395 e. The van der Waals surface area contributed by atoms with Crippen LogP contribution >= 0.6 is 0 Å². The first-order chi connectivity index (χ1) is 11.2. The molecule has 0 aliphatic heterocycles. The van der Waals surface area contributed by atoms with Gasteiger partial charge in [-0.3, -0.25) is 14.7 Å². The van der Waals surface area contributed by atoms with E-state index in [1.807, 2.05) is 41.3 Å². The number of carbonyl (C=O) groups is 1. The highest BCUT2D eigenvalue weighted by molar-refractivity contribution is 5.92. The van der Waals surface area contributed by atoms with Crippen LogP contribution in [0.3, 0.4) is 0 Å². The number of amides is 1. The van der Waals surface area contributed by atoms with Crippen LogP contribution in [0.4, 0.5) is 5.69 Å². The van der Waals surface area contributed by atoms with Crippen LogP contribution in [0.25, 0.3) is 0 Å². The SMILES string of the molecule is CCc1ccc(NC(=O)CN(CCO)Cc2cccnc2)cc1. The van der Waals surface area contributed by atoms with E-state index in [1.54, 1.807) is 12.4 Å². The van der Waals surface area contributed by atoms with Crippen LogP contribution in [0.15, 0.2) is 48.8 Å². The number of hydrogen-bond acceptors (Lipinski definition) is 4. The molecule has 0 saturated carbocycles. The second-order valence-corrected chi connectivity index (χ2v) is 5.39. The molecule has 23 heavy (non-hydrogen) atoms. The number of pyridine rings is 1. The Morgan fingerprint density at radius 1 is 1.22 bits per heavy atom. The van der Waals surface area contributed by atoms with Gasteiger partial charge in [0, 0.05) is 31.2 Å². The van der Waals surface area contributed by atoms with Gasteiger partial charge in [-0.25, -0.2) is 0 Å². The lowest BCUT2D eigenvalue weighted by Crippen LogP contribution is -2.34. The number of aliphatic hydroxyl groups is 1. The zero-order valence-electron chi connectivity index (χ0n) is 13.4. The number of benzene rings is 1. The molecule has 0 saturated heterocycles. The molecule has 5 nitrogen and oxygen atoms in total. The summed E-state index contributed by atoms with van der Waals surface area (Å²) in [5.74, 6) is -0.0911. The van der Waals surface area contributed by atoms with E-state index in [-0.39, 0.29) is 19.1 Å². The average Bonchev–Trinajstić information content (AvgIpc) is 2.56. The molecule has 0 radical (unpaired) electrons. The minimum absolute atomic E-state index is 0.0126. The Labute approximate surface area is 137 Å². The molecule has 0 spiro atoms. The van der Waals surface area contributed by atoms with Crippen LogP contribution in [-0.4, -0.2) is 40.6 Å². The number of nitrogens with one attached hydrogen (secondary N) is 1. The zero-order valence-corrected chi connectivity index (χ0v) is 13.4. The predicted molar refractivity (Wildman–Crippen MR) is 91.0 cm³/mol. The van der Waals surface area contributed by atoms with E-state index in [0.29, 0.717) is 13.1 Å². The first-order valence-electron chi connectivity index (χ1n) is 7.82. The molecule has 0 bridgehead atoms. The molecule has 2 rings (SSSR count). The molecule has 0 aliphatic carbocycles. The number of aliphatic hydroxyl groups excluding tert-OH is 1. The first-order valence-corrected chi connectivity index (χ1v) is 7.82. The normalized spacial score (nSPS) is 10.7. The summed E-state index contributed by atoms with van der Waals surface area (Å²) >= 11 is 0. The number of aromatic nitrogens is 1. The van der Waals surface area contributed by atoms with E-state index in [9.17, 15) is 9.90 Å². The predicted octanol–water partition coefficient (Wildman–Crippen LogP) is 2.08. The minimum atomic E-state index is -0.0911. The van der Waals surface area contributed by atoms with Crippen molar-refractivity contribution >= 4 is 11.6 Å². The van der Waals surface area contributed by atoms with Crippen molar-refractivity contribution in [2.45, 2.75) is 19.9 Å². The fraction of sp³-hybridized carbons (Fsp3) is 0.333. The number of hydrogen-bond donors (Lipinski definition) is 2. The molecule has 1 heterocycles. The summed E-state index contributed by atoms with van der Waals surface area (Å²) in [6.07, 6.45) is 4.46. The summed E-state index contributed by atoms with van der Waals surface area (Å²) < 4.78 is 0. The number of aryl methyl sites for hydroxylation is 1. The van der Waals surface area contributed by atoms with E-state index in [2.05, 4.69) is 17.2 Å². The largest absolute Gasteiger partial charge is 0.395 e. The topological polar surface area (TPSA) is 65.5 Å². The third kappa shape index (κ3) is 5.81. The smallest absolute Gasteiger partial charge is 0.238 e. The Balaban J connectivity index is 1.91. The highest BCUT2D eigenvalue weighted by Crippen LogP contribution is 2.10. The van der Waals surface area contributed by atoms with Crippen LogP contribution in [0.5, 0.6) is 0 Å². The first kappa shape index (κ1) is 17.1. The van der Waals surface area contributed by atoms with Crippen molar-refractivity contribution in [2.75, 3.05) is 25.0 Å². The third-order valence-corrected chi connectivity index (χ3v) is 3.56. The van der Waals surface area contributed by atoms with Crippen LogP contribution < -0.4 is 5.32 Å². The molecule has 1 aromatic heterocycles. The van der Waals surface area contributed by atoms with Gasteiger partial charge in [-0.2, -0.15) is 0 Å². The maximum absolute atomic E-state index is 12.2. The highest BCUT2D eigenvalue weighted by atomic mass is 16.3. The van der Waals surface area contributed by atoms with Gasteiger partial charge >= 0.3 is 0 Å². The van der Waals surface area contributed by atoms with Gasteiger partial charge in [-0.1, -0.05) is 25.1 Å². The van der Waals surface area contributed by atoms with Gasteiger partial charge in [0.2, 0.25) is 5.91 Å². The molecule has 1 aromatic carbocycles. The average molecular weight is 313 g/mol. The van der Waals surface area contributed by atoms with Crippen LogP contribution in [-0.2, 0) is 17.8 Å². The van der Waals surface area contributed by atoms with Gasteiger partial charge < -0.3 is 10.4 Å². The van der Waals surface area contributed by atoms with Crippen molar-refractivity contribution in [1.82, 2.24) is 9.88 Å². The van der Waals surface area contributed by atoms with Crippen molar-refractivity contribution in [3.05, 3.63) is 59.9 Å². The van der Waals surface area contributed by atoms with Crippen LogP contribution in [0.2, 0.25) is 0 Å². The summed E-state index contributed by atoms with van der Waals surface area (Å²) in [5.41, 5.74) is 3.04. The van der Waals surface area contributed by atoms with E-state index < -0.39 is 0 Å².